The quantitative estimate of drug-likeness (QED) is 0.751. The van der Waals surface area contributed by atoms with Gasteiger partial charge in [0.2, 0.25) is 5.91 Å². The third kappa shape index (κ3) is 3.97. The van der Waals surface area contributed by atoms with Gasteiger partial charge in [-0.05, 0) is 31.0 Å². The Labute approximate surface area is 145 Å². The fraction of sp³-hybridized carbons (Fsp3) is 0.353. The molecule has 1 saturated heterocycles. The topological polar surface area (TPSA) is 99.5 Å². The number of nitrogens with zero attached hydrogens (tertiary/aromatic N) is 3. The molecule has 3 N–H and O–H groups in total. The Morgan fingerprint density at radius 2 is 2.16 bits per heavy atom. The van der Waals surface area contributed by atoms with E-state index < -0.39 is 12.5 Å². The summed E-state index contributed by atoms with van der Waals surface area (Å²) in [6.07, 6.45) is 3.42. The molecule has 1 aliphatic rings. The van der Waals surface area contributed by atoms with Crippen molar-refractivity contribution in [2.75, 3.05) is 28.7 Å². The maximum absolute atomic E-state index is 12.8. The van der Waals surface area contributed by atoms with Crippen LogP contribution in [0.25, 0.3) is 0 Å². The van der Waals surface area contributed by atoms with Crippen molar-refractivity contribution in [1.29, 1.82) is 0 Å². The summed E-state index contributed by atoms with van der Waals surface area (Å²) in [6.45, 7) is 0.0818. The number of aliphatic hydroxyl groups is 1. The van der Waals surface area contributed by atoms with E-state index in [4.69, 9.17) is 5.11 Å². The molecule has 0 saturated carbocycles. The average Bonchev–Trinajstić information content (AvgIpc) is 3.03. The van der Waals surface area contributed by atoms with Crippen molar-refractivity contribution in [2.24, 2.45) is 7.05 Å². The summed E-state index contributed by atoms with van der Waals surface area (Å²) < 4.78 is 1.67. The zero-order valence-electron chi connectivity index (χ0n) is 14.0. The van der Waals surface area contributed by atoms with Crippen LogP contribution >= 0.6 is 0 Å². The minimum absolute atomic E-state index is 0.0188. The molecule has 0 unspecified atom stereocenters. The second kappa shape index (κ2) is 7.35. The molecular formula is C17H21N5O3. The lowest BCUT2D eigenvalue weighted by Crippen LogP contribution is -2.48. The highest BCUT2D eigenvalue weighted by atomic mass is 16.3. The minimum Gasteiger partial charge on any atom is -0.387 e. The van der Waals surface area contributed by atoms with Crippen molar-refractivity contribution in [3.63, 3.8) is 0 Å². The number of amides is 2. The van der Waals surface area contributed by atoms with Crippen molar-refractivity contribution >= 4 is 29.0 Å². The second-order valence-electron chi connectivity index (χ2n) is 5.96. The smallest absolute Gasteiger partial charge is 0.250 e. The monoisotopic (exact) mass is 343 g/mol. The minimum atomic E-state index is -0.572. The van der Waals surface area contributed by atoms with Crippen LogP contribution in [0.3, 0.4) is 0 Å². The zero-order valence-corrected chi connectivity index (χ0v) is 14.0. The van der Waals surface area contributed by atoms with E-state index in [0.29, 0.717) is 18.1 Å². The highest BCUT2D eigenvalue weighted by Crippen LogP contribution is 2.23. The van der Waals surface area contributed by atoms with Gasteiger partial charge in [0, 0.05) is 37.2 Å². The third-order valence-corrected chi connectivity index (χ3v) is 4.05. The van der Waals surface area contributed by atoms with Gasteiger partial charge in [-0.15, -0.1) is 0 Å². The summed E-state index contributed by atoms with van der Waals surface area (Å²) in [5.41, 5.74) is 1.30. The maximum Gasteiger partial charge on any atom is 0.250 e. The molecule has 2 amide bonds. The van der Waals surface area contributed by atoms with E-state index in [1.54, 1.807) is 27.8 Å². The van der Waals surface area contributed by atoms with Gasteiger partial charge in [-0.1, -0.05) is 6.07 Å². The van der Waals surface area contributed by atoms with Gasteiger partial charge in [-0.3, -0.25) is 19.2 Å². The summed E-state index contributed by atoms with van der Waals surface area (Å²) in [7, 11) is 1.82. The first-order valence-electron chi connectivity index (χ1n) is 8.15. The van der Waals surface area contributed by atoms with Crippen molar-refractivity contribution in [1.82, 2.24) is 9.78 Å². The molecule has 8 heteroatoms. The number of aromatic nitrogens is 2. The summed E-state index contributed by atoms with van der Waals surface area (Å²) in [6, 6.07) is 8.55. The first kappa shape index (κ1) is 17.0. The lowest BCUT2D eigenvalue weighted by Gasteiger charge is -2.31. The number of aliphatic hydroxyl groups excluding tert-OH is 1. The summed E-state index contributed by atoms with van der Waals surface area (Å²) in [5, 5.41) is 18.9. The number of benzene rings is 1. The van der Waals surface area contributed by atoms with E-state index in [-0.39, 0.29) is 11.9 Å². The van der Waals surface area contributed by atoms with Gasteiger partial charge in [0.1, 0.15) is 12.6 Å². The van der Waals surface area contributed by atoms with E-state index in [0.717, 1.165) is 18.5 Å². The van der Waals surface area contributed by atoms with Crippen LogP contribution in [-0.2, 0) is 16.6 Å². The Balaban J connectivity index is 1.71. The number of hydrogen-bond donors (Lipinski definition) is 3. The first-order valence-corrected chi connectivity index (χ1v) is 8.15. The predicted molar refractivity (Wildman–Crippen MR) is 94.4 cm³/mol. The van der Waals surface area contributed by atoms with Crippen LogP contribution in [0, 0.1) is 0 Å². The third-order valence-electron chi connectivity index (χ3n) is 4.05. The number of hydrogen-bond acceptors (Lipinski definition) is 5. The molecular weight excluding hydrogens is 322 g/mol. The highest BCUT2D eigenvalue weighted by molar-refractivity contribution is 5.99. The van der Waals surface area contributed by atoms with Crippen molar-refractivity contribution in [3.8, 4) is 0 Å². The molecule has 0 radical (unpaired) electrons. The van der Waals surface area contributed by atoms with Gasteiger partial charge in [0.05, 0.1) is 0 Å². The Bertz CT molecular complexity index is 773. The number of nitrogens with one attached hydrogen (secondary N) is 2. The average molecular weight is 343 g/mol. The van der Waals surface area contributed by atoms with Crippen LogP contribution in [0.4, 0.5) is 17.2 Å². The molecule has 1 fully saturated rings. The highest BCUT2D eigenvalue weighted by Gasteiger charge is 2.30. The molecule has 1 atom stereocenters. The number of carbonyl (C=O) groups excluding carboxylic acids is 2. The molecule has 1 aliphatic heterocycles. The lowest BCUT2D eigenvalue weighted by molar-refractivity contribution is -0.120. The molecule has 0 spiro atoms. The molecule has 0 aliphatic carbocycles. The van der Waals surface area contributed by atoms with Gasteiger partial charge in [0.15, 0.2) is 5.82 Å². The number of anilines is 3. The molecule has 2 aromatic rings. The van der Waals surface area contributed by atoms with Gasteiger partial charge in [0.25, 0.3) is 5.91 Å². The molecule has 132 valence electrons. The molecule has 8 nitrogen and oxygen atoms in total. The molecule has 2 heterocycles. The fourth-order valence-electron chi connectivity index (χ4n) is 2.87. The predicted octanol–water partition coefficient (Wildman–Crippen LogP) is 0.958. The van der Waals surface area contributed by atoms with Crippen LogP contribution in [0.5, 0.6) is 0 Å². The Morgan fingerprint density at radius 1 is 1.36 bits per heavy atom. The number of rotatable bonds is 5. The lowest BCUT2D eigenvalue weighted by atomic mass is 10.0. The Kier molecular flexibility index (Phi) is 4.99. The van der Waals surface area contributed by atoms with E-state index in [1.807, 2.05) is 25.4 Å². The molecule has 1 aromatic heterocycles. The van der Waals surface area contributed by atoms with Gasteiger partial charge >= 0.3 is 0 Å². The van der Waals surface area contributed by atoms with Crippen LogP contribution in [0.15, 0.2) is 36.5 Å². The maximum atomic E-state index is 12.8. The van der Waals surface area contributed by atoms with E-state index in [2.05, 4.69) is 15.7 Å². The van der Waals surface area contributed by atoms with Crippen LogP contribution in [0.2, 0.25) is 0 Å². The number of aryl methyl sites for hydroxylation is 1. The normalized spacial score (nSPS) is 17.4. The van der Waals surface area contributed by atoms with Crippen LogP contribution in [-0.4, -0.2) is 45.9 Å². The van der Waals surface area contributed by atoms with Gasteiger partial charge < -0.3 is 15.7 Å². The second-order valence-corrected chi connectivity index (χ2v) is 5.96. The standard InChI is InChI=1S/C17H21N5O3/c1-21-9-7-15(20-21)22-8-3-6-14(17(22)25)18-12-4-2-5-13(10-12)19-16(24)11-23/h2,4-5,7,9-10,14,18,23H,3,6,8,11H2,1H3,(H,19,24)/t14-/m0/s1. The van der Waals surface area contributed by atoms with Gasteiger partial charge in [-0.25, -0.2) is 0 Å². The van der Waals surface area contributed by atoms with Gasteiger partial charge in [-0.2, -0.15) is 5.10 Å². The fourth-order valence-corrected chi connectivity index (χ4v) is 2.87. The van der Waals surface area contributed by atoms with Crippen LogP contribution < -0.4 is 15.5 Å². The summed E-state index contributed by atoms with van der Waals surface area (Å²) in [4.78, 5) is 25.7. The largest absolute Gasteiger partial charge is 0.387 e. The Hall–Kier alpha value is -2.87. The van der Waals surface area contributed by atoms with Crippen LogP contribution in [0.1, 0.15) is 12.8 Å². The molecule has 25 heavy (non-hydrogen) atoms. The summed E-state index contributed by atoms with van der Waals surface area (Å²) in [5.74, 6) is 0.157. The number of piperidine rings is 1. The van der Waals surface area contributed by atoms with E-state index in [9.17, 15) is 9.59 Å². The first-order chi connectivity index (χ1) is 12.1. The SMILES string of the molecule is Cn1ccc(N2CCC[C@H](Nc3cccc(NC(=O)CO)c3)C2=O)n1. The summed E-state index contributed by atoms with van der Waals surface area (Å²) >= 11 is 0. The van der Waals surface area contributed by atoms with E-state index in [1.165, 1.54) is 0 Å². The van der Waals surface area contributed by atoms with Crippen molar-refractivity contribution in [2.45, 2.75) is 18.9 Å². The molecule has 0 bridgehead atoms. The molecule has 1 aromatic carbocycles. The van der Waals surface area contributed by atoms with E-state index >= 15 is 0 Å². The zero-order chi connectivity index (χ0) is 17.8. The Morgan fingerprint density at radius 3 is 2.88 bits per heavy atom. The number of carbonyl (C=O) groups is 2. The van der Waals surface area contributed by atoms with Crippen molar-refractivity contribution in [3.05, 3.63) is 36.5 Å². The molecule has 3 rings (SSSR count). The van der Waals surface area contributed by atoms with Crippen molar-refractivity contribution < 1.29 is 14.7 Å².